The van der Waals surface area contributed by atoms with Crippen molar-refractivity contribution in [2.45, 2.75) is 0 Å². The first kappa shape index (κ1) is 13.3. The second-order valence-corrected chi connectivity index (χ2v) is 4.06. The van der Waals surface area contributed by atoms with Gasteiger partial charge in [0.15, 0.2) is 0 Å². The Bertz CT molecular complexity index is 437. The van der Waals surface area contributed by atoms with Crippen LogP contribution >= 0.6 is 15.9 Å². The van der Waals surface area contributed by atoms with Crippen LogP contribution in [0.1, 0.15) is 0 Å². The molecule has 1 rings (SSSR count). The summed E-state index contributed by atoms with van der Waals surface area (Å²) in [6.07, 6.45) is 0. The van der Waals surface area contributed by atoms with Gasteiger partial charge >= 0.3 is 6.03 Å². The minimum atomic E-state index is -0.872. The van der Waals surface area contributed by atoms with Gasteiger partial charge in [-0.2, -0.15) is 0 Å². The molecule has 17 heavy (non-hydrogen) atoms. The van der Waals surface area contributed by atoms with E-state index in [0.29, 0.717) is 11.4 Å². The number of hydrogen-bond acceptors (Lipinski definition) is 4. The molecular weight excluding hydrogens is 290 g/mol. The number of primary amides is 1. The summed E-state index contributed by atoms with van der Waals surface area (Å²) in [6, 6.07) is 4.42. The molecule has 92 valence electrons. The van der Waals surface area contributed by atoms with E-state index in [9.17, 15) is 9.59 Å². The summed E-state index contributed by atoms with van der Waals surface area (Å²) in [5, 5.41) is 4.79. The van der Waals surface area contributed by atoms with Crippen LogP contribution in [0.15, 0.2) is 22.7 Å². The highest BCUT2D eigenvalue weighted by Gasteiger charge is 2.05. The Morgan fingerprint density at radius 3 is 2.71 bits per heavy atom. The average Bonchev–Trinajstić information content (AvgIpc) is 2.24. The van der Waals surface area contributed by atoms with E-state index in [1.165, 1.54) is 0 Å². The fourth-order valence-corrected chi connectivity index (χ4v) is 1.62. The normalized spacial score (nSPS) is 9.53. The maximum Gasteiger partial charge on any atom is 0.318 e. The van der Waals surface area contributed by atoms with Crippen LogP contribution in [-0.4, -0.2) is 25.6 Å². The third-order valence-corrected chi connectivity index (χ3v) is 2.28. The molecule has 0 aliphatic heterocycles. The number of ether oxygens (including phenoxy) is 1. The Balaban J connectivity index is 2.60. The number of imide groups is 1. The third kappa shape index (κ3) is 4.73. The number of carbonyl (C=O) groups excluding carboxylic acids is 2. The smallest absolute Gasteiger partial charge is 0.318 e. The zero-order valence-electron chi connectivity index (χ0n) is 9.12. The summed E-state index contributed by atoms with van der Waals surface area (Å²) in [7, 11) is 1.55. The molecule has 0 unspecified atom stereocenters. The molecule has 0 heterocycles. The summed E-state index contributed by atoms with van der Waals surface area (Å²) in [5.74, 6) is 0.147. The van der Waals surface area contributed by atoms with E-state index in [1.54, 1.807) is 25.3 Å². The van der Waals surface area contributed by atoms with Gasteiger partial charge in [-0.05, 0) is 12.1 Å². The molecule has 0 aliphatic rings. The lowest BCUT2D eigenvalue weighted by molar-refractivity contribution is -0.118. The van der Waals surface area contributed by atoms with Gasteiger partial charge < -0.3 is 15.8 Å². The number of carbonyl (C=O) groups is 2. The zero-order chi connectivity index (χ0) is 12.8. The summed E-state index contributed by atoms with van der Waals surface area (Å²) in [4.78, 5) is 21.6. The quantitative estimate of drug-likeness (QED) is 0.775. The number of nitrogens with one attached hydrogen (secondary N) is 2. The van der Waals surface area contributed by atoms with Crippen molar-refractivity contribution in [3.8, 4) is 5.75 Å². The van der Waals surface area contributed by atoms with Gasteiger partial charge in [-0.3, -0.25) is 10.1 Å². The first-order valence-corrected chi connectivity index (χ1v) is 5.48. The molecule has 0 atom stereocenters. The highest BCUT2D eigenvalue weighted by atomic mass is 79.9. The molecule has 3 amide bonds. The minimum absolute atomic E-state index is 0.0530. The number of methoxy groups -OCH3 is 1. The third-order valence-electron chi connectivity index (χ3n) is 1.82. The Hall–Kier alpha value is -1.76. The number of nitrogens with two attached hydrogens (primary N) is 1. The van der Waals surface area contributed by atoms with Gasteiger partial charge in [-0.1, -0.05) is 15.9 Å². The molecule has 4 N–H and O–H groups in total. The molecule has 0 bridgehead atoms. The molecule has 1 aromatic carbocycles. The summed E-state index contributed by atoms with van der Waals surface area (Å²) in [5.41, 5.74) is 5.50. The van der Waals surface area contributed by atoms with E-state index in [2.05, 4.69) is 21.2 Å². The van der Waals surface area contributed by atoms with E-state index in [1.807, 2.05) is 5.32 Å². The topological polar surface area (TPSA) is 93.4 Å². The van der Waals surface area contributed by atoms with Crippen LogP contribution in [0, 0.1) is 0 Å². The zero-order valence-corrected chi connectivity index (χ0v) is 10.7. The lowest BCUT2D eigenvalue weighted by Crippen LogP contribution is -2.38. The highest BCUT2D eigenvalue weighted by molar-refractivity contribution is 9.10. The van der Waals surface area contributed by atoms with Crippen LogP contribution in [0.2, 0.25) is 0 Å². The number of benzene rings is 1. The van der Waals surface area contributed by atoms with E-state index < -0.39 is 11.9 Å². The number of urea groups is 1. The van der Waals surface area contributed by atoms with Gasteiger partial charge in [0.1, 0.15) is 5.75 Å². The maximum atomic E-state index is 11.1. The van der Waals surface area contributed by atoms with E-state index >= 15 is 0 Å². The van der Waals surface area contributed by atoms with Gasteiger partial charge in [0.05, 0.1) is 13.7 Å². The van der Waals surface area contributed by atoms with Crippen molar-refractivity contribution < 1.29 is 14.3 Å². The van der Waals surface area contributed by atoms with Crippen LogP contribution < -0.4 is 21.1 Å². The molecule has 0 saturated carbocycles. The Morgan fingerprint density at radius 2 is 2.12 bits per heavy atom. The average molecular weight is 302 g/mol. The molecule has 1 aromatic rings. The van der Waals surface area contributed by atoms with Gasteiger partial charge in [-0.15, -0.1) is 0 Å². The SMILES string of the molecule is COc1cc(Br)cc(NCC(=O)NC(N)=O)c1. The number of amides is 3. The monoisotopic (exact) mass is 301 g/mol. The molecular formula is C10H12BrN3O3. The molecule has 0 aliphatic carbocycles. The molecule has 7 heteroatoms. The van der Waals surface area contributed by atoms with Crippen LogP contribution in [0.25, 0.3) is 0 Å². The standard InChI is InChI=1S/C10H12BrN3O3/c1-17-8-3-6(11)2-7(4-8)13-5-9(15)14-10(12)16/h2-4,13H,5H2,1H3,(H3,12,14,15,16). The highest BCUT2D eigenvalue weighted by Crippen LogP contribution is 2.24. The molecule has 0 aromatic heterocycles. The molecule has 0 radical (unpaired) electrons. The fraction of sp³-hybridized carbons (Fsp3) is 0.200. The number of rotatable bonds is 4. The first-order valence-electron chi connectivity index (χ1n) is 4.69. The van der Waals surface area contributed by atoms with Gasteiger partial charge in [-0.25, -0.2) is 4.79 Å². The lowest BCUT2D eigenvalue weighted by Gasteiger charge is -2.08. The van der Waals surface area contributed by atoms with Crippen molar-refractivity contribution in [2.24, 2.45) is 5.73 Å². The van der Waals surface area contributed by atoms with Crippen LogP contribution in [0.3, 0.4) is 0 Å². The summed E-state index contributed by atoms with van der Waals surface area (Å²) in [6.45, 7) is -0.0530. The predicted octanol–water partition coefficient (Wildman–Crippen LogP) is 1.06. The van der Waals surface area contributed by atoms with Crippen LogP contribution in [0.5, 0.6) is 5.75 Å². The Kier molecular flexibility index (Phi) is 4.77. The predicted molar refractivity (Wildman–Crippen MR) is 66.9 cm³/mol. The summed E-state index contributed by atoms with van der Waals surface area (Å²) < 4.78 is 5.88. The van der Waals surface area contributed by atoms with Crippen molar-refractivity contribution in [1.29, 1.82) is 0 Å². The van der Waals surface area contributed by atoms with Crippen molar-refractivity contribution >= 4 is 33.6 Å². The fourth-order valence-electron chi connectivity index (χ4n) is 1.15. The largest absolute Gasteiger partial charge is 0.497 e. The van der Waals surface area contributed by atoms with Gasteiger partial charge in [0.25, 0.3) is 0 Å². The van der Waals surface area contributed by atoms with E-state index in [-0.39, 0.29) is 6.54 Å². The minimum Gasteiger partial charge on any atom is -0.497 e. The Labute approximate surface area is 107 Å². The van der Waals surface area contributed by atoms with Crippen molar-refractivity contribution in [3.63, 3.8) is 0 Å². The second-order valence-electron chi connectivity index (χ2n) is 3.15. The van der Waals surface area contributed by atoms with Crippen molar-refractivity contribution in [1.82, 2.24) is 5.32 Å². The lowest BCUT2D eigenvalue weighted by atomic mass is 10.3. The maximum absolute atomic E-state index is 11.1. The molecule has 0 spiro atoms. The molecule has 6 nitrogen and oxygen atoms in total. The first-order chi connectivity index (χ1) is 8.01. The van der Waals surface area contributed by atoms with Gasteiger partial charge in [0, 0.05) is 16.2 Å². The van der Waals surface area contributed by atoms with Crippen LogP contribution in [-0.2, 0) is 4.79 Å². The Morgan fingerprint density at radius 1 is 1.41 bits per heavy atom. The molecule has 0 saturated heterocycles. The second kappa shape index (κ2) is 6.09. The van der Waals surface area contributed by atoms with E-state index in [0.717, 1.165) is 4.47 Å². The number of anilines is 1. The van der Waals surface area contributed by atoms with Crippen LogP contribution in [0.4, 0.5) is 10.5 Å². The van der Waals surface area contributed by atoms with Gasteiger partial charge in [0.2, 0.25) is 5.91 Å². The molecule has 0 fully saturated rings. The van der Waals surface area contributed by atoms with E-state index in [4.69, 9.17) is 10.5 Å². The van der Waals surface area contributed by atoms with Crippen molar-refractivity contribution in [2.75, 3.05) is 19.0 Å². The summed E-state index contributed by atoms with van der Waals surface area (Å²) >= 11 is 3.31. The number of hydrogen-bond donors (Lipinski definition) is 3. The van der Waals surface area contributed by atoms with Crippen molar-refractivity contribution in [3.05, 3.63) is 22.7 Å². The number of halogens is 1.